The van der Waals surface area contributed by atoms with Crippen molar-refractivity contribution in [3.63, 3.8) is 0 Å². The van der Waals surface area contributed by atoms with Crippen LogP contribution in [0.2, 0.25) is 0 Å². The van der Waals surface area contributed by atoms with E-state index in [2.05, 4.69) is 0 Å². The summed E-state index contributed by atoms with van der Waals surface area (Å²) in [4.78, 5) is 11.0. The van der Waals surface area contributed by atoms with Gasteiger partial charge in [0.25, 0.3) is 0 Å². The van der Waals surface area contributed by atoms with Crippen LogP contribution in [0.1, 0.15) is 22.8 Å². The Hall–Kier alpha value is -1.51. The molecule has 0 fully saturated rings. The summed E-state index contributed by atoms with van der Waals surface area (Å²) in [5.41, 5.74) is 6.71. The molecule has 1 aromatic rings. The Balaban J connectivity index is 3.18. The molecule has 1 amide bonds. The second-order valence-electron chi connectivity index (χ2n) is 2.74. The molecule has 0 spiro atoms. The minimum absolute atomic E-state index is 0.407. The lowest BCUT2D eigenvalue weighted by molar-refractivity contribution is 0.0999. The zero-order valence-electron chi connectivity index (χ0n) is 7.83. The molecule has 0 aliphatic heterocycles. The highest BCUT2D eigenvalue weighted by Gasteiger charge is 2.07. The number of hydrogen-bond acceptors (Lipinski definition) is 2. The highest BCUT2D eigenvalue weighted by Crippen LogP contribution is 2.17. The van der Waals surface area contributed by atoms with Gasteiger partial charge in [0.15, 0.2) is 0 Å². The Labute approximate surface area is 77.5 Å². The lowest BCUT2D eigenvalue weighted by Crippen LogP contribution is -2.13. The molecule has 0 heterocycles. The van der Waals surface area contributed by atoms with Gasteiger partial charge in [-0.05, 0) is 24.1 Å². The van der Waals surface area contributed by atoms with E-state index < -0.39 is 5.91 Å². The first-order valence-electron chi connectivity index (χ1n) is 4.15. The minimum atomic E-state index is -0.407. The lowest BCUT2D eigenvalue weighted by atomic mass is 10.0. The second kappa shape index (κ2) is 3.94. The average molecular weight is 179 g/mol. The highest BCUT2D eigenvalue weighted by atomic mass is 16.5. The molecule has 0 aromatic heterocycles. The Morgan fingerprint density at radius 2 is 2.23 bits per heavy atom. The summed E-state index contributed by atoms with van der Waals surface area (Å²) in [6.07, 6.45) is 0.794. The van der Waals surface area contributed by atoms with E-state index in [9.17, 15) is 4.79 Å². The molecular formula is C10H13NO2. The average Bonchev–Trinajstić information content (AvgIpc) is 2.16. The third kappa shape index (κ3) is 1.99. The number of rotatable bonds is 3. The topological polar surface area (TPSA) is 52.3 Å². The molecule has 2 N–H and O–H groups in total. The van der Waals surface area contributed by atoms with Gasteiger partial charge in [0.05, 0.1) is 7.11 Å². The van der Waals surface area contributed by atoms with Crippen LogP contribution in [0.3, 0.4) is 0 Å². The van der Waals surface area contributed by atoms with E-state index >= 15 is 0 Å². The Morgan fingerprint density at radius 3 is 2.69 bits per heavy atom. The van der Waals surface area contributed by atoms with E-state index in [0.717, 1.165) is 12.0 Å². The van der Waals surface area contributed by atoms with Crippen molar-refractivity contribution in [1.29, 1.82) is 0 Å². The van der Waals surface area contributed by atoms with Gasteiger partial charge >= 0.3 is 0 Å². The number of carbonyl (C=O) groups is 1. The summed E-state index contributed by atoms with van der Waals surface area (Å²) < 4.78 is 5.00. The first-order chi connectivity index (χ1) is 6.19. The fraction of sp³-hybridized carbons (Fsp3) is 0.300. The van der Waals surface area contributed by atoms with Crippen molar-refractivity contribution < 1.29 is 9.53 Å². The van der Waals surface area contributed by atoms with Gasteiger partial charge in [-0.15, -0.1) is 0 Å². The van der Waals surface area contributed by atoms with Crippen LogP contribution in [-0.4, -0.2) is 13.0 Å². The number of methoxy groups -OCH3 is 1. The Morgan fingerprint density at radius 1 is 1.54 bits per heavy atom. The molecular weight excluding hydrogens is 166 g/mol. The van der Waals surface area contributed by atoms with Crippen LogP contribution < -0.4 is 10.5 Å². The fourth-order valence-electron chi connectivity index (χ4n) is 1.22. The van der Waals surface area contributed by atoms with Gasteiger partial charge in [0.2, 0.25) is 5.91 Å². The van der Waals surface area contributed by atoms with Crippen molar-refractivity contribution in [2.75, 3.05) is 7.11 Å². The van der Waals surface area contributed by atoms with Crippen molar-refractivity contribution in [3.05, 3.63) is 29.3 Å². The van der Waals surface area contributed by atoms with Gasteiger partial charge in [0.1, 0.15) is 5.75 Å². The summed E-state index contributed by atoms with van der Waals surface area (Å²) in [6.45, 7) is 1.98. The highest BCUT2D eigenvalue weighted by molar-refractivity contribution is 5.94. The SMILES string of the molecule is CCc1ccc(OC)cc1C(N)=O. The standard InChI is InChI=1S/C10H13NO2/c1-3-7-4-5-8(13-2)6-9(7)10(11)12/h4-6H,3H2,1-2H3,(H2,11,12). The predicted octanol–water partition coefficient (Wildman–Crippen LogP) is 1.36. The molecule has 0 radical (unpaired) electrons. The number of aryl methyl sites for hydroxylation is 1. The quantitative estimate of drug-likeness (QED) is 0.761. The summed E-state index contributed by atoms with van der Waals surface area (Å²) in [7, 11) is 1.56. The number of hydrogen-bond donors (Lipinski definition) is 1. The molecule has 0 saturated carbocycles. The minimum Gasteiger partial charge on any atom is -0.497 e. The van der Waals surface area contributed by atoms with Crippen molar-refractivity contribution in [2.24, 2.45) is 5.73 Å². The zero-order chi connectivity index (χ0) is 9.84. The maximum Gasteiger partial charge on any atom is 0.249 e. The maximum atomic E-state index is 11.0. The molecule has 1 aromatic carbocycles. The summed E-state index contributed by atoms with van der Waals surface area (Å²) in [5.74, 6) is 0.252. The normalized spacial score (nSPS) is 9.69. The largest absolute Gasteiger partial charge is 0.497 e. The Kier molecular flexibility index (Phi) is 2.90. The third-order valence-corrected chi connectivity index (χ3v) is 1.96. The van der Waals surface area contributed by atoms with Crippen LogP contribution in [0.4, 0.5) is 0 Å². The fourth-order valence-corrected chi connectivity index (χ4v) is 1.22. The monoisotopic (exact) mass is 179 g/mol. The maximum absolute atomic E-state index is 11.0. The van der Waals surface area contributed by atoms with Gasteiger partial charge < -0.3 is 10.5 Å². The number of benzene rings is 1. The molecule has 0 saturated heterocycles. The number of carbonyl (C=O) groups excluding carboxylic acids is 1. The zero-order valence-corrected chi connectivity index (χ0v) is 7.83. The van der Waals surface area contributed by atoms with Crippen LogP contribution in [0, 0.1) is 0 Å². The summed E-state index contributed by atoms with van der Waals surface area (Å²) in [5, 5.41) is 0. The van der Waals surface area contributed by atoms with Crippen LogP contribution >= 0.6 is 0 Å². The molecule has 0 aliphatic rings. The van der Waals surface area contributed by atoms with Gasteiger partial charge in [-0.25, -0.2) is 0 Å². The first-order valence-corrected chi connectivity index (χ1v) is 4.15. The molecule has 0 aliphatic carbocycles. The van der Waals surface area contributed by atoms with E-state index in [1.165, 1.54) is 0 Å². The van der Waals surface area contributed by atoms with Crippen LogP contribution in [0.5, 0.6) is 5.75 Å². The molecule has 0 unspecified atom stereocenters. The Bertz CT molecular complexity index is 321. The van der Waals surface area contributed by atoms with Crippen molar-refractivity contribution in [2.45, 2.75) is 13.3 Å². The first kappa shape index (κ1) is 9.58. The van der Waals surface area contributed by atoms with E-state index in [1.807, 2.05) is 19.1 Å². The van der Waals surface area contributed by atoms with Gasteiger partial charge in [0, 0.05) is 5.56 Å². The van der Waals surface area contributed by atoms with Gasteiger partial charge in [-0.2, -0.15) is 0 Å². The smallest absolute Gasteiger partial charge is 0.249 e. The predicted molar refractivity (Wildman–Crippen MR) is 50.9 cm³/mol. The molecule has 3 nitrogen and oxygen atoms in total. The molecule has 1 rings (SSSR count). The summed E-state index contributed by atoms with van der Waals surface area (Å²) >= 11 is 0. The van der Waals surface area contributed by atoms with Crippen molar-refractivity contribution >= 4 is 5.91 Å². The van der Waals surface area contributed by atoms with E-state index in [4.69, 9.17) is 10.5 Å². The third-order valence-electron chi connectivity index (χ3n) is 1.96. The second-order valence-corrected chi connectivity index (χ2v) is 2.74. The molecule has 13 heavy (non-hydrogen) atoms. The van der Waals surface area contributed by atoms with Gasteiger partial charge in [-0.3, -0.25) is 4.79 Å². The van der Waals surface area contributed by atoms with E-state index in [-0.39, 0.29) is 0 Å². The van der Waals surface area contributed by atoms with Crippen molar-refractivity contribution in [3.8, 4) is 5.75 Å². The molecule has 0 atom stereocenters. The molecule has 70 valence electrons. The molecule has 0 bridgehead atoms. The number of nitrogens with two attached hydrogens (primary N) is 1. The van der Waals surface area contributed by atoms with Crippen LogP contribution in [0.25, 0.3) is 0 Å². The van der Waals surface area contributed by atoms with Crippen molar-refractivity contribution in [1.82, 2.24) is 0 Å². The number of ether oxygens (including phenoxy) is 1. The summed E-state index contributed by atoms with van der Waals surface area (Å²) in [6, 6.07) is 5.35. The van der Waals surface area contributed by atoms with Crippen LogP contribution in [-0.2, 0) is 6.42 Å². The van der Waals surface area contributed by atoms with Gasteiger partial charge in [-0.1, -0.05) is 13.0 Å². The van der Waals surface area contributed by atoms with E-state index in [0.29, 0.717) is 11.3 Å². The van der Waals surface area contributed by atoms with Crippen LogP contribution in [0.15, 0.2) is 18.2 Å². The molecule has 3 heteroatoms. The number of amides is 1. The van der Waals surface area contributed by atoms with E-state index in [1.54, 1.807) is 13.2 Å². The lowest BCUT2D eigenvalue weighted by Gasteiger charge is -2.06. The number of primary amides is 1.